The minimum absolute atomic E-state index is 0.193. The number of carbonyl (C=O) groups excluding carboxylic acids is 1. The summed E-state index contributed by atoms with van der Waals surface area (Å²) in [4.78, 5) is 16.5. The van der Waals surface area contributed by atoms with Gasteiger partial charge in [-0.2, -0.15) is 5.26 Å². The number of nitrogens with zero attached hydrogens (tertiary/aromatic N) is 2. The maximum Gasteiger partial charge on any atom is 0.358 e. The summed E-state index contributed by atoms with van der Waals surface area (Å²) in [6, 6.07) is 5.94. The van der Waals surface area contributed by atoms with E-state index in [1.54, 1.807) is 13.8 Å². The van der Waals surface area contributed by atoms with E-state index in [1.807, 2.05) is 6.07 Å². The first-order valence-electron chi connectivity index (χ1n) is 6.16. The molecular weight excluding hydrogens is 293 g/mol. The summed E-state index contributed by atoms with van der Waals surface area (Å²) in [6.45, 7) is 3.72. The maximum atomic E-state index is 13.8. The van der Waals surface area contributed by atoms with Gasteiger partial charge >= 0.3 is 5.97 Å². The summed E-state index contributed by atoms with van der Waals surface area (Å²) in [5.41, 5.74) is 0.650. The van der Waals surface area contributed by atoms with E-state index < -0.39 is 11.8 Å². The summed E-state index contributed by atoms with van der Waals surface area (Å²) in [5.74, 6) is -1.06. The topological polar surface area (TPSA) is 75.0 Å². The van der Waals surface area contributed by atoms with Gasteiger partial charge in [0.05, 0.1) is 23.9 Å². The molecule has 0 amide bonds. The lowest BCUT2D eigenvalue weighted by molar-refractivity contribution is 0.0519. The van der Waals surface area contributed by atoms with Gasteiger partial charge in [-0.1, -0.05) is 0 Å². The first-order chi connectivity index (χ1) is 10.0. The van der Waals surface area contributed by atoms with Crippen molar-refractivity contribution in [3.8, 4) is 6.07 Å². The van der Waals surface area contributed by atoms with Crippen molar-refractivity contribution in [2.24, 2.45) is 0 Å². The molecule has 2 aromatic rings. The Labute approximate surface area is 125 Å². The number of thiazole rings is 1. The molecule has 0 spiro atoms. The van der Waals surface area contributed by atoms with E-state index >= 15 is 0 Å². The summed E-state index contributed by atoms with van der Waals surface area (Å²) >= 11 is 1.23. The third-order valence-electron chi connectivity index (χ3n) is 2.61. The van der Waals surface area contributed by atoms with Crippen LogP contribution in [0.3, 0.4) is 0 Å². The number of halogens is 1. The third-order valence-corrected chi connectivity index (χ3v) is 3.49. The van der Waals surface area contributed by atoms with E-state index in [-0.39, 0.29) is 23.6 Å². The van der Waals surface area contributed by atoms with Gasteiger partial charge in [0.2, 0.25) is 0 Å². The number of benzene rings is 1. The van der Waals surface area contributed by atoms with Crippen LogP contribution in [-0.2, 0) is 4.74 Å². The molecule has 1 N–H and O–H groups in total. The molecule has 0 aliphatic rings. The zero-order chi connectivity index (χ0) is 15.4. The first-order valence-corrected chi connectivity index (χ1v) is 6.98. The van der Waals surface area contributed by atoms with Crippen LogP contribution in [0.5, 0.6) is 0 Å². The number of ether oxygens (including phenoxy) is 1. The van der Waals surface area contributed by atoms with Crippen molar-refractivity contribution in [3.63, 3.8) is 0 Å². The monoisotopic (exact) mass is 305 g/mol. The quantitative estimate of drug-likeness (QED) is 0.876. The molecule has 0 saturated carbocycles. The molecule has 0 aliphatic carbocycles. The molecule has 0 radical (unpaired) electrons. The van der Waals surface area contributed by atoms with Gasteiger partial charge < -0.3 is 10.1 Å². The summed E-state index contributed by atoms with van der Waals surface area (Å²) in [6.07, 6.45) is 0. The van der Waals surface area contributed by atoms with Crippen molar-refractivity contribution >= 4 is 28.1 Å². The predicted molar refractivity (Wildman–Crippen MR) is 77.2 cm³/mol. The number of rotatable bonds is 4. The van der Waals surface area contributed by atoms with Crippen molar-refractivity contribution in [3.05, 3.63) is 40.2 Å². The number of aromatic nitrogens is 1. The zero-order valence-electron chi connectivity index (χ0n) is 11.4. The minimum atomic E-state index is -0.556. The fourth-order valence-electron chi connectivity index (χ4n) is 1.64. The van der Waals surface area contributed by atoms with Gasteiger partial charge in [-0.05, 0) is 32.0 Å². The predicted octanol–water partition coefficient (Wildman–Crippen LogP) is 3.38. The number of nitrogens with one attached hydrogen (secondary N) is 1. The van der Waals surface area contributed by atoms with Crippen molar-refractivity contribution in [2.75, 3.05) is 11.9 Å². The molecule has 0 fully saturated rings. The van der Waals surface area contributed by atoms with E-state index in [1.165, 1.54) is 23.5 Å². The second kappa shape index (κ2) is 6.33. The van der Waals surface area contributed by atoms with Gasteiger partial charge in [-0.3, -0.25) is 0 Å². The second-order valence-corrected chi connectivity index (χ2v) is 5.28. The smallest absolute Gasteiger partial charge is 0.358 e. The molecular formula is C14H12FN3O2S. The normalized spacial score (nSPS) is 10.0. The fraction of sp³-hybridized carbons (Fsp3) is 0.214. The Morgan fingerprint density at radius 3 is 2.95 bits per heavy atom. The molecule has 7 heteroatoms. The molecule has 2 rings (SSSR count). The van der Waals surface area contributed by atoms with Crippen LogP contribution in [0.25, 0.3) is 0 Å². The number of carbonyl (C=O) groups is 1. The van der Waals surface area contributed by atoms with Crippen LogP contribution in [-0.4, -0.2) is 17.6 Å². The number of hydrogen-bond donors (Lipinski definition) is 1. The maximum absolute atomic E-state index is 13.8. The van der Waals surface area contributed by atoms with Crippen LogP contribution in [0.2, 0.25) is 0 Å². The van der Waals surface area contributed by atoms with E-state index in [0.717, 1.165) is 6.07 Å². The highest BCUT2D eigenvalue weighted by molar-refractivity contribution is 7.15. The molecule has 1 heterocycles. The number of hydrogen-bond acceptors (Lipinski definition) is 6. The van der Waals surface area contributed by atoms with E-state index in [2.05, 4.69) is 10.3 Å². The summed E-state index contributed by atoms with van der Waals surface area (Å²) in [7, 11) is 0. The molecule has 0 aliphatic heterocycles. The van der Waals surface area contributed by atoms with E-state index in [9.17, 15) is 9.18 Å². The molecule has 0 saturated heterocycles. The van der Waals surface area contributed by atoms with Crippen LogP contribution in [0.4, 0.5) is 15.2 Å². The fourth-order valence-corrected chi connectivity index (χ4v) is 2.45. The zero-order valence-corrected chi connectivity index (χ0v) is 12.3. The minimum Gasteiger partial charge on any atom is -0.461 e. The van der Waals surface area contributed by atoms with Crippen LogP contribution < -0.4 is 5.32 Å². The van der Waals surface area contributed by atoms with Crippen LogP contribution in [0.1, 0.15) is 27.9 Å². The van der Waals surface area contributed by atoms with Crippen molar-refractivity contribution in [1.29, 1.82) is 5.26 Å². The SMILES string of the molecule is CCOC(=O)c1nc(Nc2ccc(C#N)cc2F)sc1C. The van der Waals surface area contributed by atoms with Gasteiger partial charge in [-0.15, -0.1) is 11.3 Å². The molecule has 1 aromatic heterocycles. The van der Waals surface area contributed by atoms with Crippen LogP contribution in [0.15, 0.2) is 18.2 Å². The Kier molecular flexibility index (Phi) is 4.50. The van der Waals surface area contributed by atoms with Gasteiger partial charge in [0.15, 0.2) is 10.8 Å². The lowest BCUT2D eigenvalue weighted by atomic mass is 10.2. The van der Waals surface area contributed by atoms with Crippen LogP contribution in [0, 0.1) is 24.1 Å². The Morgan fingerprint density at radius 1 is 1.57 bits per heavy atom. The van der Waals surface area contributed by atoms with Crippen molar-refractivity contribution in [2.45, 2.75) is 13.8 Å². The average molecular weight is 305 g/mol. The summed E-state index contributed by atoms with van der Waals surface area (Å²) in [5, 5.41) is 11.9. The van der Waals surface area contributed by atoms with Gasteiger partial charge in [0, 0.05) is 4.88 Å². The lowest BCUT2D eigenvalue weighted by Gasteiger charge is -2.03. The Balaban J connectivity index is 2.23. The average Bonchev–Trinajstić information content (AvgIpc) is 2.82. The number of anilines is 2. The van der Waals surface area contributed by atoms with Gasteiger partial charge in [0.25, 0.3) is 0 Å². The second-order valence-electron chi connectivity index (χ2n) is 4.08. The molecule has 1 aromatic carbocycles. The highest BCUT2D eigenvalue weighted by Gasteiger charge is 2.17. The lowest BCUT2D eigenvalue weighted by Crippen LogP contribution is -2.06. The Hall–Kier alpha value is -2.46. The number of esters is 1. The molecule has 0 bridgehead atoms. The van der Waals surface area contributed by atoms with Crippen LogP contribution >= 0.6 is 11.3 Å². The highest BCUT2D eigenvalue weighted by atomic mass is 32.1. The molecule has 5 nitrogen and oxygen atoms in total. The van der Waals surface area contributed by atoms with Gasteiger partial charge in [-0.25, -0.2) is 14.2 Å². The highest BCUT2D eigenvalue weighted by Crippen LogP contribution is 2.27. The van der Waals surface area contributed by atoms with E-state index in [4.69, 9.17) is 10.00 Å². The Morgan fingerprint density at radius 2 is 2.33 bits per heavy atom. The number of aryl methyl sites for hydroxylation is 1. The number of nitriles is 1. The van der Waals surface area contributed by atoms with Crippen molar-refractivity contribution in [1.82, 2.24) is 4.98 Å². The largest absolute Gasteiger partial charge is 0.461 e. The molecule has 0 atom stereocenters. The first kappa shape index (κ1) is 14.9. The molecule has 21 heavy (non-hydrogen) atoms. The standard InChI is InChI=1S/C14H12FN3O2S/c1-3-20-13(19)12-8(2)21-14(18-12)17-11-5-4-9(7-16)6-10(11)15/h4-6H,3H2,1-2H3,(H,17,18). The van der Waals surface area contributed by atoms with E-state index in [0.29, 0.717) is 10.0 Å². The molecule has 0 unspecified atom stereocenters. The van der Waals surface area contributed by atoms with Crippen molar-refractivity contribution < 1.29 is 13.9 Å². The van der Waals surface area contributed by atoms with Gasteiger partial charge in [0.1, 0.15) is 5.82 Å². The summed E-state index contributed by atoms with van der Waals surface area (Å²) < 4.78 is 18.7. The Bertz CT molecular complexity index is 721. The third kappa shape index (κ3) is 3.35. The molecule has 108 valence electrons.